The Hall–Kier alpha value is -2.18. The molecular formula is C22H34N4O2+2. The average Bonchev–Trinajstić information content (AvgIpc) is 2.68. The average molecular weight is 387 g/mol. The maximum atomic E-state index is 12.0. The van der Waals surface area contributed by atoms with Gasteiger partial charge in [0.15, 0.2) is 6.54 Å². The zero-order valence-corrected chi connectivity index (χ0v) is 17.6. The Morgan fingerprint density at radius 1 is 1.32 bits per heavy atom. The first-order valence-corrected chi connectivity index (χ1v) is 10.3. The molecule has 3 rings (SSSR count). The number of carbonyl (C=O) groups is 1. The molecule has 1 aliphatic heterocycles. The minimum absolute atomic E-state index is 0.107. The molecule has 1 aliphatic rings. The predicted octanol–water partition coefficient (Wildman–Crippen LogP) is 0.553. The van der Waals surface area contributed by atoms with Crippen LogP contribution in [0.25, 0.3) is 10.9 Å². The van der Waals surface area contributed by atoms with E-state index in [1.807, 2.05) is 0 Å². The molecule has 6 nitrogen and oxygen atoms in total. The van der Waals surface area contributed by atoms with E-state index in [1.165, 1.54) is 32.7 Å². The molecule has 0 spiro atoms. The summed E-state index contributed by atoms with van der Waals surface area (Å²) in [6.07, 6.45) is 0. The Kier molecular flexibility index (Phi) is 6.86. The van der Waals surface area contributed by atoms with Gasteiger partial charge < -0.3 is 15.0 Å². The smallest absolute Gasteiger partial charge is 0.275 e. The summed E-state index contributed by atoms with van der Waals surface area (Å²) in [6.45, 7) is 12.2. The van der Waals surface area contributed by atoms with Crippen LogP contribution < -0.4 is 20.1 Å². The number of ether oxygens (including phenoxy) is 1. The molecule has 0 aliphatic carbocycles. The molecule has 1 aromatic heterocycles. The lowest BCUT2D eigenvalue weighted by Crippen LogP contribution is -3.16. The van der Waals surface area contributed by atoms with E-state index in [1.54, 1.807) is 7.11 Å². The van der Waals surface area contributed by atoms with E-state index in [0.29, 0.717) is 25.6 Å². The summed E-state index contributed by atoms with van der Waals surface area (Å²) >= 11 is 0. The third-order valence-electron chi connectivity index (χ3n) is 5.60. The first-order chi connectivity index (χ1) is 13.5. The van der Waals surface area contributed by atoms with E-state index in [4.69, 9.17) is 4.74 Å². The van der Waals surface area contributed by atoms with Crippen molar-refractivity contribution in [1.82, 2.24) is 5.32 Å². The number of anilines is 1. The zero-order chi connectivity index (χ0) is 20.1. The Labute approximate surface area is 167 Å². The van der Waals surface area contributed by atoms with E-state index in [9.17, 15) is 4.79 Å². The number of H-pyrrole nitrogens is 1. The van der Waals surface area contributed by atoms with Crippen molar-refractivity contribution in [3.63, 3.8) is 0 Å². The fraction of sp³-hybridized carbons (Fsp3) is 0.545. The Balaban J connectivity index is 1.66. The standard InChI is InChI=1S/C22H32N4O2/c1-16(2)18-6-5-7-19-17(3)14-20(24-22(18)19)26-11-9-25(10-12-26)15-21(27)23-8-13-28-4/h5-7,14,16H,8-13,15H2,1-4H3,(H,23,27)/p+2. The molecule has 152 valence electrons. The van der Waals surface area contributed by atoms with Crippen LogP contribution in [0.1, 0.15) is 30.9 Å². The monoisotopic (exact) mass is 386 g/mol. The Morgan fingerprint density at radius 3 is 2.75 bits per heavy atom. The molecule has 28 heavy (non-hydrogen) atoms. The molecule has 0 radical (unpaired) electrons. The number of amides is 1. The molecule has 0 bridgehead atoms. The molecule has 6 heteroatoms. The topological polar surface area (TPSA) is 60.1 Å². The van der Waals surface area contributed by atoms with Crippen LogP contribution >= 0.6 is 0 Å². The van der Waals surface area contributed by atoms with Crippen molar-refractivity contribution in [2.75, 3.05) is 57.9 Å². The molecule has 1 fully saturated rings. The summed E-state index contributed by atoms with van der Waals surface area (Å²) in [4.78, 5) is 19.5. The molecule has 0 saturated carbocycles. The summed E-state index contributed by atoms with van der Waals surface area (Å²) in [5.74, 6) is 1.77. The van der Waals surface area contributed by atoms with E-state index in [2.05, 4.69) is 60.2 Å². The van der Waals surface area contributed by atoms with Crippen molar-refractivity contribution >= 4 is 22.6 Å². The number of nitrogens with one attached hydrogen (secondary N) is 3. The lowest BCUT2D eigenvalue weighted by atomic mass is 9.98. The van der Waals surface area contributed by atoms with Crippen LogP contribution in [0, 0.1) is 6.92 Å². The summed E-state index contributed by atoms with van der Waals surface area (Å²) in [5, 5.41) is 4.21. The first-order valence-electron chi connectivity index (χ1n) is 10.3. The number of aromatic amines is 1. The van der Waals surface area contributed by atoms with E-state index in [-0.39, 0.29) is 5.91 Å². The van der Waals surface area contributed by atoms with Gasteiger partial charge in [0.05, 0.1) is 6.61 Å². The third kappa shape index (κ3) is 4.80. The van der Waals surface area contributed by atoms with Gasteiger partial charge in [0.25, 0.3) is 11.7 Å². The molecule has 0 unspecified atom stereocenters. The van der Waals surface area contributed by atoms with Crippen molar-refractivity contribution in [2.45, 2.75) is 26.7 Å². The van der Waals surface area contributed by atoms with Crippen LogP contribution in [-0.2, 0) is 9.53 Å². The fourth-order valence-electron chi connectivity index (χ4n) is 3.96. The molecule has 2 heterocycles. The van der Waals surface area contributed by atoms with Gasteiger partial charge in [0.1, 0.15) is 31.7 Å². The van der Waals surface area contributed by atoms with Crippen molar-refractivity contribution in [3.8, 4) is 0 Å². The second kappa shape index (κ2) is 9.34. The van der Waals surface area contributed by atoms with Crippen LogP contribution in [-0.4, -0.2) is 58.9 Å². The second-order valence-electron chi connectivity index (χ2n) is 8.02. The van der Waals surface area contributed by atoms with Gasteiger partial charge in [-0.25, -0.2) is 4.98 Å². The maximum absolute atomic E-state index is 12.0. The van der Waals surface area contributed by atoms with Gasteiger partial charge >= 0.3 is 0 Å². The van der Waals surface area contributed by atoms with Gasteiger partial charge in [0, 0.05) is 30.7 Å². The van der Waals surface area contributed by atoms with Crippen LogP contribution in [0.15, 0.2) is 24.3 Å². The van der Waals surface area contributed by atoms with E-state index in [0.717, 1.165) is 26.2 Å². The molecule has 2 aromatic rings. The second-order valence-corrected chi connectivity index (χ2v) is 8.02. The third-order valence-corrected chi connectivity index (χ3v) is 5.60. The highest BCUT2D eigenvalue weighted by atomic mass is 16.5. The minimum atomic E-state index is 0.107. The number of fused-ring (bicyclic) bond motifs is 1. The number of pyridine rings is 1. The van der Waals surface area contributed by atoms with Gasteiger partial charge in [-0.05, 0) is 18.4 Å². The number of quaternary nitrogens is 1. The normalized spacial score (nSPS) is 15.4. The lowest BCUT2D eigenvalue weighted by Gasteiger charge is -2.28. The number of benzene rings is 1. The first kappa shape index (κ1) is 20.6. The number of piperazine rings is 1. The molecule has 1 amide bonds. The molecule has 3 N–H and O–H groups in total. The lowest BCUT2D eigenvalue weighted by molar-refractivity contribution is -0.892. The number of carbonyl (C=O) groups excluding carboxylic acids is 1. The van der Waals surface area contributed by atoms with E-state index < -0.39 is 0 Å². The quantitative estimate of drug-likeness (QED) is 0.684. The highest BCUT2D eigenvalue weighted by Gasteiger charge is 2.28. The van der Waals surface area contributed by atoms with Crippen molar-refractivity contribution in [3.05, 3.63) is 35.4 Å². The molecule has 0 atom stereocenters. The van der Waals surface area contributed by atoms with Crippen LogP contribution in [0.4, 0.5) is 5.82 Å². The van der Waals surface area contributed by atoms with Crippen molar-refractivity contribution < 1.29 is 19.4 Å². The number of aryl methyl sites for hydroxylation is 1. The maximum Gasteiger partial charge on any atom is 0.275 e. The van der Waals surface area contributed by atoms with Crippen molar-refractivity contribution in [2.24, 2.45) is 0 Å². The zero-order valence-electron chi connectivity index (χ0n) is 17.6. The number of nitrogens with zero attached hydrogens (tertiary/aromatic N) is 1. The number of aromatic nitrogens is 1. The van der Waals surface area contributed by atoms with Gasteiger partial charge in [-0.1, -0.05) is 32.0 Å². The van der Waals surface area contributed by atoms with E-state index >= 15 is 0 Å². The molecule has 1 aromatic carbocycles. The largest absolute Gasteiger partial charge is 0.383 e. The van der Waals surface area contributed by atoms with Crippen LogP contribution in [0.2, 0.25) is 0 Å². The minimum Gasteiger partial charge on any atom is -0.383 e. The van der Waals surface area contributed by atoms with Crippen LogP contribution in [0.5, 0.6) is 0 Å². The van der Waals surface area contributed by atoms with Gasteiger partial charge in [0.2, 0.25) is 0 Å². The number of methoxy groups -OCH3 is 1. The predicted molar refractivity (Wildman–Crippen MR) is 112 cm³/mol. The Morgan fingerprint density at radius 2 is 2.07 bits per heavy atom. The van der Waals surface area contributed by atoms with Gasteiger partial charge in [-0.3, -0.25) is 9.69 Å². The fourth-order valence-corrected chi connectivity index (χ4v) is 3.96. The van der Waals surface area contributed by atoms with Crippen molar-refractivity contribution in [1.29, 1.82) is 0 Å². The number of hydrogen-bond donors (Lipinski definition) is 2. The molecular weight excluding hydrogens is 352 g/mol. The van der Waals surface area contributed by atoms with Gasteiger partial charge in [-0.2, -0.15) is 0 Å². The SMILES string of the molecule is COCCNC(=O)C[NH+]1CCN(c2cc(C)c3cccc(C(C)C)c3[nH+]2)CC1. The highest BCUT2D eigenvalue weighted by Crippen LogP contribution is 2.26. The van der Waals surface area contributed by atoms with Gasteiger partial charge in [-0.15, -0.1) is 0 Å². The molecule has 1 saturated heterocycles. The highest BCUT2D eigenvalue weighted by molar-refractivity contribution is 5.83. The summed E-state index contributed by atoms with van der Waals surface area (Å²) in [5.41, 5.74) is 3.91. The summed E-state index contributed by atoms with van der Waals surface area (Å²) in [6, 6.07) is 8.82. The number of para-hydroxylation sites is 1. The van der Waals surface area contributed by atoms with Crippen LogP contribution in [0.3, 0.4) is 0 Å². The summed E-state index contributed by atoms with van der Waals surface area (Å²) < 4.78 is 4.98. The number of hydrogen-bond acceptors (Lipinski definition) is 3. The summed E-state index contributed by atoms with van der Waals surface area (Å²) in [7, 11) is 1.65. The Bertz CT molecular complexity index is 814. The number of rotatable bonds is 7.